The summed E-state index contributed by atoms with van der Waals surface area (Å²) in [7, 11) is 0. The topological polar surface area (TPSA) is 80.2 Å². The molecule has 33 heavy (non-hydrogen) atoms. The number of nitrogens with zero attached hydrogens (tertiary/aromatic N) is 3. The lowest BCUT2D eigenvalue weighted by Crippen LogP contribution is -2.31. The maximum atomic E-state index is 13.6. The Kier molecular flexibility index (Phi) is 6.18. The van der Waals surface area contributed by atoms with Gasteiger partial charge in [0.15, 0.2) is 11.6 Å². The van der Waals surface area contributed by atoms with E-state index in [1.54, 1.807) is 31.2 Å². The summed E-state index contributed by atoms with van der Waals surface area (Å²) in [6.45, 7) is 8.00. The van der Waals surface area contributed by atoms with E-state index in [-0.39, 0.29) is 11.6 Å². The molecule has 2 atom stereocenters. The molecule has 2 heterocycles. The van der Waals surface area contributed by atoms with Crippen LogP contribution >= 0.6 is 0 Å². The van der Waals surface area contributed by atoms with E-state index >= 15 is 0 Å². The van der Waals surface area contributed by atoms with Crippen LogP contribution in [0, 0.1) is 12.8 Å². The number of hydrogen-bond acceptors (Lipinski definition) is 5. The highest BCUT2D eigenvalue weighted by Gasteiger charge is 2.52. The average Bonchev–Trinajstić information content (AvgIpc) is 3.09. The average molecular weight is 442 g/mol. The third kappa shape index (κ3) is 4.21. The molecular weight excluding hydrogens is 414 g/mol. The second-order valence-corrected chi connectivity index (χ2v) is 8.73. The number of ketones is 2. The first-order chi connectivity index (χ1) is 15.8. The van der Waals surface area contributed by atoms with Gasteiger partial charge in [-0.1, -0.05) is 69.3 Å². The molecule has 1 saturated heterocycles. The fourth-order valence-corrected chi connectivity index (χ4v) is 4.20. The SMILES string of the molecule is CCc1ccc(C2C(C(=O)c3ccc(C(C)C)cc3)C(=O)C(=O)N2c2ccc(C)nn2)cc1. The first-order valence-corrected chi connectivity index (χ1v) is 11.2. The molecule has 0 bridgehead atoms. The van der Waals surface area contributed by atoms with Crippen LogP contribution in [0.15, 0.2) is 60.7 Å². The highest BCUT2D eigenvalue weighted by molar-refractivity contribution is 6.48. The molecule has 6 heteroatoms. The van der Waals surface area contributed by atoms with Crippen molar-refractivity contribution >= 4 is 23.3 Å². The fourth-order valence-electron chi connectivity index (χ4n) is 4.20. The van der Waals surface area contributed by atoms with Crippen LogP contribution in [0.5, 0.6) is 0 Å². The van der Waals surface area contributed by atoms with Crippen molar-refractivity contribution in [1.82, 2.24) is 10.2 Å². The van der Waals surface area contributed by atoms with Gasteiger partial charge in [0.2, 0.25) is 5.78 Å². The van der Waals surface area contributed by atoms with E-state index in [0.717, 1.165) is 17.5 Å². The monoisotopic (exact) mass is 441 g/mol. The van der Waals surface area contributed by atoms with Crippen LogP contribution in [-0.2, 0) is 16.0 Å². The Balaban J connectivity index is 1.80. The van der Waals surface area contributed by atoms with Crippen LogP contribution in [0.2, 0.25) is 0 Å². The number of aryl methyl sites for hydroxylation is 2. The van der Waals surface area contributed by atoms with Crippen molar-refractivity contribution < 1.29 is 14.4 Å². The number of anilines is 1. The Morgan fingerprint density at radius 2 is 1.61 bits per heavy atom. The lowest BCUT2D eigenvalue weighted by molar-refractivity contribution is -0.135. The standard InChI is InChI=1S/C27H27N3O3/c1-5-18-7-9-20(10-8-18)24-23(25(31)21-13-11-19(12-14-21)16(2)3)26(32)27(33)30(24)22-15-6-17(4)28-29-22/h6-16,23-24H,5H2,1-4H3. The third-order valence-electron chi connectivity index (χ3n) is 6.21. The lowest BCUT2D eigenvalue weighted by atomic mass is 9.85. The van der Waals surface area contributed by atoms with E-state index in [1.807, 2.05) is 36.4 Å². The van der Waals surface area contributed by atoms with Gasteiger partial charge in [0.05, 0.1) is 11.7 Å². The Hall–Kier alpha value is -3.67. The Morgan fingerprint density at radius 1 is 0.939 bits per heavy atom. The summed E-state index contributed by atoms with van der Waals surface area (Å²) in [4.78, 5) is 41.2. The van der Waals surface area contributed by atoms with Gasteiger partial charge < -0.3 is 0 Å². The summed E-state index contributed by atoms with van der Waals surface area (Å²) in [6.07, 6.45) is 0.862. The molecule has 2 aromatic carbocycles. The van der Waals surface area contributed by atoms with Gasteiger partial charge in [0.1, 0.15) is 5.92 Å². The predicted octanol–water partition coefficient (Wildman–Crippen LogP) is 4.63. The Bertz CT molecular complexity index is 1180. The summed E-state index contributed by atoms with van der Waals surface area (Å²) in [6, 6.07) is 17.6. The Labute approximate surface area is 193 Å². The van der Waals surface area contributed by atoms with Crippen molar-refractivity contribution in [3.05, 3.63) is 88.6 Å². The van der Waals surface area contributed by atoms with Crippen LogP contribution in [0.25, 0.3) is 0 Å². The van der Waals surface area contributed by atoms with Crippen LogP contribution in [0.1, 0.15) is 65.5 Å². The molecular formula is C27H27N3O3. The van der Waals surface area contributed by atoms with E-state index < -0.39 is 23.7 Å². The van der Waals surface area contributed by atoms with E-state index in [9.17, 15) is 14.4 Å². The highest BCUT2D eigenvalue weighted by atomic mass is 16.2. The molecule has 0 radical (unpaired) electrons. The summed E-state index contributed by atoms with van der Waals surface area (Å²) >= 11 is 0. The number of carbonyl (C=O) groups excluding carboxylic acids is 3. The van der Waals surface area contributed by atoms with E-state index in [1.165, 1.54) is 4.90 Å². The minimum absolute atomic E-state index is 0.258. The van der Waals surface area contributed by atoms with Crippen molar-refractivity contribution in [1.29, 1.82) is 0 Å². The summed E-state index contributed by atoms with van der Waals surface area (Å²) in [5.74, 6) is -2.40. The molecule has 168 valence electrons. The zero-order valence-corrected chi connectivity index (χ0v) is 19.3. The molecule has 1 amide bonds. The summed E-state index contributed by atoms with van der Waals surface area (Å²) < 4.78 is 0. The third-order valence-corrected chi connectivity index (χ3v) is 6.21. The minimum atomic E-state index is -1.15. The van der Waals surface area contributed by atoms with Crippen LogP contribution in [0.3, 0.4) is 0 Å². The second kappa shape index (κ2) is 9.06. The number of carbonyl (C=O) groups is 3. The quantitative estimate of drug-likeness (QED) is 0.317. The van der Waals surface area contributed by atoms with Crippen molar-refractivity contribution in [2.45, 2.75) is 46.1 Å². The number of aromatic nitrogens is 2. The molecule has 1 aromatic heterocycles. The van der Waals surface area contributed by atoms with Crippen molar-refractivity contribution in [2.75, 3.05) is 4.90 Å². The van der Waals surface area contributed by atoms with Crippen molar-refractivity contribution in [2.24, 2.45) is 5.92 Å². The maximum absolute atomic E-state index is 13.6. The molecule has 0 spiro atoms. The van der Waals surface area contributed by atoms with Gasteiger partial charge in [-0.2, -0.15) is 5.10 Å². The normalized spacial score (nSPS) is 18.3. The molecule has 6 nitrogen and oxygen atoms in total. The van der Waals surface area contributed by atoms with Gasteiger partial charge in [-0.25, -0.2) is 0 Å². The van der Waals surface area contributed by atoms with Crippen molar-refractivity contribution in [3.8, 4) is 0 Å². The Morgan fingerprint density at radius 3 is 2.15 bits per heavy atom. The fraction of sp³-hybridized carbons (Fsp3) is 0.296. The zero-order valence-electron chi connectivity index (χ0n) is 19.3. The highest BCUT2D eigenvalue weighted by Crippen LogP contribution is 2.40. The van der Waals surface area contributed by atoms with Crippen molar-refractivity contribution in [3.63, 3.8) is 0 Å². The first kappa shape index (κ1) is 22.5. The second-order valence-electron chi connectivity index (χ2n) is 8.73. The molecule has 0 N–H and O–H groups in total. The largest absolute Gasteiger partial charge is 0.297 e. The molecule has 1 fully saturated rings. The van der Waals surface area contributed by atoms with Crippen LogP contribution in [0.4, 0.5) is 5.82 Å². The van der Waals surface area contributed by atoms with Gasteiger partial charge in [0.25, 0.3) is 5.91 Å². The van der Waals surface area contributed by atoms with Crippen LogP contribution in [-0.4, -0.2) is 27.7 Å². The number of benzene rings is 2. The van der Waals surface area contributed by atoms with E-state index in [2.05, 4.69) is 31.0 Å². The number of amides is 1. The molecule has 3 aromatic rings. The van der Waals surface area contributed by atoms with Gasteiger partial charge in [-0.3, -0.25) is 19.3 Å². The lowest BCUT2D eigenvalue weighted by Gasteiger charge is -2.26. The van der Waals surface area contributed by atoms with Gasteiger partial charge in [0, 0.05) is 5.56 Å². The minimum Gasteiger partial charge on any atom is -0.293 e. The van der Waals surface area contributed by atoms with E-state index in [4.69, 9.17) is 0 Å². The molecule has 4 rings (SSSR count). The number of Topliss-reactive ketones (excluding diaryl/α,β-unsaturated/α-hetero) is 2. The number of rotatable bonds is 6. The first-order valence-electron chi connectivity index (χ1n) is 11.2. The number of hydrogen-bond donors (Lipinski definition) is 0. The molecule has 0 saturated carbocycles. The molecule has 1 aliphatic rings. The molecule has 1 aliphatic heterocycles. The summed E-state index contributed by atoms with van der Waals surface area (Å²) in [5, 5.41) is 8.20. The molecule has 0 aliphatic carbocycles. The smallest absolute Gasteiger partial charge is 0.293 e. The maximum Gasteiger partial charge on any atom is 0.297 e. The van der Waals surface area contributed by atoms with Gasteiger partial charge in [-0.15, -0.1) is 5.10 Å². The van der Waals surface area contributed by atoms with Gasteiger partial charge in [-0.05, 0) is 48.1 Å². The molecule has 2 unspecified atom stereocenters. The van der Waals surface area contributed by atoms with Crippen LogP contribution < -0.4 is 4.90 Å². The van der Waals surface area contributed by atoms with Gasteiger partial charge >= 0.3 is 0 Å². The van der Waals surface area contributed by atoms with E-state index in [0.29, 0.717) is 22.7 Å². The summed E-state index contributed by atoms with van der Waals surface area (Å²) in [5.41, 5.74) is 4.05. The predicted molar refractivity (Wildman–Crippen MR) is 126 cm³/mol. The zero-order chi connectivity index (χ0) is 23.7.